The average Bonchev–Trinajstić information content (AvgIpc) is 2.44. The van der Waals surface area contributed by atoms with E-state index in [2.05, 4.69) is 20.3 Å². The zero-order valence-electron chi connectivity index (χ0n) is 15.5. The van der Waals surface area contributed by atoms with Crippen molar-refractivity contribution in [3.63, 3.8) is 0 Å². The van der Waals surface area contributed by atoms with Crippen LogP contribution in [0.3, 0.4) is 0 Å². The molecule has 2 aliphatic carbocycles. The smallest absolute Gasteiger partial charge is 0.0238 e. The molecule has 129 valence electrons. The SMILES string of the molecule is CCC[CH]C(C)(C1CCCCCCC1)C1CCCCCCC1. The van der Waals surface area contributed by atoms with Gasteiger partial charge in [-0.05, 0) is 55.8 Å². The van der Waals surface area contributed by atoms with Crippen molar-refractivity contribution < 1.29 is 0 Å². The standard InChI is InChI=1S/C22H41/c1-3-4-19-22(2,20-15-11-7-5-8-12-16-20)21-17-13-9-6-10-14-18-21/h19-21H,3-18H2,1-2H3. The van der Waals surface area contributed by atoms with E-state index in [0.29, 0.717) is 5.41 Å². The van der Waals surface area contributed by atoms with Crippen LogP contribution in [0.2, 0.25) is 0 Å². The maximum Gasteiger partial charge on any atom is -0.0238 e. The topological polar surface area (TPSA) is 0 Å². The number of unbranched alkanes of at least 4 members (excludes halogenated alkanes) is 1. The van der Waals surface area contributed by atoms with Crippen LogP contribution in [-0.2, 0) is 0 Å². The van der Waals surface area contributed by atoms with Gasteiger partial charge in [-0.2, -0.15) is 0 Å². The Bertz CT molecular complexity index is 242. The van der Waals surface area contributed by atoms with E-state index >= 15 is 0 Å². The number of hydrogen-bond acceptors (Lipinski definition) is 0. The molecule has 2 aliphatic rings. The quantitative estimate of drug-likeness (QED) is 0.487. The lowest BCUT2D eigenvalue weighted by atomic mass is 9.59. The maximum atomic E-state index is 2.80. The molecule has 0 nitrogen and oxygen atoms in total. The summed E-state index contributed by atoms with van der Waals surface area (Å²) < 4.78 is 0. The van der Waals surface area contributed by atoms with Crippen molar-refractivity contribution in [1.82, 2.24) is 0 Å². The molecule has 22 heavy (non-hydrogen) atoms. The molecule has 0 spiro atoms. The van der Waals surface area contributed by atoms with Crippen molar-refractivity contribution in [1.29, 1.82) is 0 Å². The highest BCUT2D eigenvalue weighted by Crippen LogP contribution is 2.49. The first-order valence-corrected chi connectivity index (χ1v) is 10.6. The summed E-state index contributed by atoms with van der Waals surface area (Å²) in [6.07, 6.45) is 26.4. The zero-order valence-corrected chi connectivity index (χ0v) is 15.5. The average molecular weight is 306 g/mol. The molecule has 0 saturated heterocycles. The predicted molar refractivity (Wildman–Crippen MR) is 98.9 cm³/mol. The molecule has 0 heterocycles. The fourth-order valence-corrected chi connectivity index (χ4v) is 5.28. The first-order chi connectivity index (χ1) is 10.8. The molecule has 0 N–H and O–H groups in total. The molecule has 0 aromatic heterocycles. The van der Waals surface area contributed by atoms with Gasteiger partial charge < -0.3 is 0 Å². The summed E-state index contributed by atoms with van der Waals surface area (Å²) in [5.74, 6) is 1.95. The van der Waals surface area contributed by atoms with Gasteiger partial charge in [0.1, 0.15) is 0 Å². The van der Waals surface area contributed by atoms with E-state index in [4.69, 9.17) is 0 Å². The molecule has 2 saturated carbocycles. The third-order valence-corrected chi connectivity index (χ3v) is 6.84. The van der Waals surface area contributed by atoms with Crippen LogP contribution >= 0.6 is 0 Å². The molecule has 2 fully saturated rings. The molecule has 0 amide bonds. The molecule has 0 unspecified atom stereocenters. The third-order valence-electron chi connectivity index (χ3n) is 6.84. The van der Waals surface area contributed by atoms with Crippen molar-refractivity contribution in [2.75, 3.05) is 0 Å². The van der Waals surface area contributed by atoms with Crippen LogP contribution in [-0.4, -0.2) is 0 Å². The molecule has 0 atom stereocenters. The van der Waals surface area contributed by atoms with E-state index in [1.165, 1.54) is 103 Å². The summed E-state index contributed by atoms with van der Waals surface area (Å²) in [6.45, 7) is 5.02. The molecule has 0 aromatic rings. The van der Waals surface area contributed by atoms with Gasteiger partial charge in [-0.15, -0.1) is 0 Å². The van der Waals surface area contributed by atoms with Crippen LogP contribution in [0, 0.1) is 23.7 Å². The Balaban J connectivity index is 2.08. The van der Waals surface area contributed by atoms with Gasteiger partial charge in [0.25, 0.3) is 0 Å². The second-order valence-electron chi connectivity index (χ2n) is 8.44. The van der Waals surface area contributed by atoms with E-state index < -0.39 is 0 Å². The minimum atomic E-state index is 0.532. The van der Waals surface area contributed by atoms with Gasteiger partial charge in [-0.25, -0.2) is 0 Å². The van der Waals surface area contributed by atoms with Crippen LogP contribution in [0.4, 0.5) is 0 Å². The third kappa shape index (κ3) is 5.27. The second-order valence-corrected chi connectivity index (χ2v) is 8.44. The van der Waals surface area contributed by atoms with E-state index in [-0.39, 0.29) is 0 Å². The minimum absolute atomic E-state index is 0.532. The van der Waals surface area contributed by atoms with Gasteiger partial charge in [0.15, 0.2) is 0 Å². The molecule has 2 rings (SSSR count). The number of hydrogen-bond donors (Lipinski definition) is 0. The van der Waals surface area contributed by atoms with Crippen LogP contribution in [0.15, 0.2) is 0 Å². The maximum absolute atomic E-state index is 2.80. The lowest BCUT2D eigenvalue weighted by Gasteiger charge is -2.46. The number of rotatable bonds is 5. The fraction of sp³-hybridized carbons (Fsp3) is 0.955. The molecular formula is C22H41. The molecule has 0 aliphatic heterocycles. The first kappa shape index (κ1) is 18.3. The van der Waals surface area contributed by atoms with Crippen LogP contribution in [0.5, 0.6) is 0 Å². The van der Waals surface area contributed by atoms with Gasteiger partial charge in [0.2, 0.25) is 0 Å². The Morgan fingerprint density at radius 2 is 1.05 bits per heavy atom. The lowest BCUT2D eigenvalue weighted by molar-refractivity contribution is 0.0818. The summed E-state index contributed by atoms with van der Waals surface area (Å²) in [5, 5.41) is 0. The Morgan fingerprint density at radius 1 is 0.682 bits per heavy atom. The largest absolute Gasteiger partial charge is 0.0654 e. The second kappa shape index (κ2) is 9.99. The van der Waals surface area contributed by atoms with Crippen LogP contribution < -0.4 is 0 Å². The normalized spacial score (nSPS) is 24.3. The molecule has 0 aromatic carbocycles. The van der Waals surface area contributed by atoms with E-state index in [1.807, 2.05) is 0 Å². The molecular weight excluding hydrogens is 264 g/mol. The van der Waals surface area contributed by atoms with Gasteiger partial charge >= 0.3 is 0 Å². The van der Waals surface area contributed by atoms with Gasteiger partial charge in [-0.3, -0.25) is 0 Å². The Labute approximate surface area is 140 Å². The summed E-state index contributed by atoms with van der Waals surface area (Å²) in [7, 11) is 0. The highest BCUT2D eigenvalue weighted by molar-refractivity contribution is 4.99. The van der Waals surface area contributed by atoms with Crippen molar-refractivity contribution in [3.8, 4) is 0 Å². The van der Waals surface area contributed by atoms with E-state index in [0.717, 1.165) is 11.8 Å². The monoisotopic (exact) mass is 305 g/mol. The summed E-state index contributed by atoms with van der Waals surface area (Å²) >= 11 is 0. The van der Waals surface area contributed by atoms with E-state index in [1.54, 1.807) is 0 Å². The Hall–Kier alpha value is 0. The Kier molecular flexibility index (Phi) is 8.33. The van der Waals surface area contributed by atoms with Gasteiger partial charge in [0, 0.05) is 0 Å². The predicted octanol–water partition coefficient (Wildman–Crippen LogP) is 7.72. The van der Waals surface area contributed by atoms with Crippen molar-refractivity contribution >= 4 is 0 Å². The van der Waals surface area contributed by atoms with Gasteiger partial charge in [-0.1, -0.05) is 84.5 Å². The molecule has 0 heteroatoms. The minimum Gasteiger partial charge on any atom is -0.0654 e. The summed E-state index contributed by atoms with van der Waals surface area (Å²) in [4.78, 5) is 0. The molecule has 0 bridgehead atoms. The molecule has 1 radical (unpaired) electrons. The van der Waals surface area contributed by atoms with Crippen molar-refractivity contribution in [2.24, 2.45) is 17.3 Å². The summed E-state index contributed by atoms with van der Waals surface area (Å²) in [6, 6.07) is 0. The summed E-state index contributed by atoms with van der Waals surface area (Å²) in [5.41, 5.74) is 0.532. The highest BCUT2D eigenvalue weighted by atomic mass is 14.4. The fourth-order valence-electron chi connectivity index (χ4n) is 5.28. The zero-order chi connectivity index (χ0) is 15.7. The van der Waals surface area contributed by atoms with Crippen molar-refractivity contribution in [3.05, 3.63) is 6.42 Å². The van der Waals surface area contributed by atoms with Crippen molar-refractivity contribution in [2.45, 2.75) is 117 Å². The first-order valence-electron chi connectivity index (χ1n) is 10.6. The lowest BCUT2D eigenvalue weighted by Crippen LogP contribution is -2.37. The van der Waals surface area contributed by atoms with E-state index in [9.17, 15) is 0 Å². The van der Waals surface area contributed by atoms with Crippen LogP contribution in [0.25, 0.3) is 0 Å². The highest BCUT2D eigenvalue weighted by Gasteiger charge is 2.39. The van der Waals surface area contributed by atoms with Crippen LogP contribution in [0.1, 0.15) is 117 Å². The Morgan fingerprint density at radius 3 is 1.41 bits per heavy atom. The van der Waals surface area contributed by atoms with Gasteiger partial charge in [0.05, 0.1) is 0 Å².